The van der Waals surface area contributed by atoms with Crippen molar-refractivity contribution in [3.63, 3.8) is 0 Å². The summed E-state index contributed by atoms with van der Waals surface area (Å²) in [7, 11) is 0. The molecule has 6 nitrogen and oxygen atoms in total. The lowest BCUT2D eigenvalue weighted by molar-refractivity contribution is -0.115. The standard InChI is InChI=1S/C17H14BrF2N5OS/c1-9(16(26)22-14-12(19)7-4-8-13(14)20)27-17-24-23-15(25(17)21)10-5-2-3-6-11(10)18/h2-9H,21H2,1H3,(H,22,26). The highest BCUT2D eigenvalue weighted by Crippen LogP contribution is 2.29. The Morgan fingerprint density at radius 3 is 2.52 bits per heavy atom. The summed E-state index contributed by atoms with van der Waals surface area (Å²) >= 11 is 4.45. The molecule has 3 rings (SSSR count). The Balaban J connectivity index is 1.76. The predicted octanol–water partition coefficient (Wildman–Crippen LogP) is 3.82. The number of nitrogens with one attached hydrogen (secondary N) is 1. The normalized spacial score (nSPS) is 12.0. The zero-order chi connectivity index (χ0) is 19.6. The molecule has 10 heteroatoms. The lowest BCUT2D eigenvalue weighted by Crippen LogP contribution is -2.24. The number of rotatable bonds is 5. The van der Waals surface area contributed by atoms with Gasteiger partial charge in [-0.25, -0.2) is 13.5 Å². The van der Waals surface area contributed by atoms with E-state index < -0.39 is 28.5 Å². The number of nitrogens with zero attached hydrogens (tertiary/aromatic N) is 3. The minimum atomic E-state index is -0.848. The van der Waals surface area contributed by atoms with E-state index in [9.17, 15) is 13.6 Å². The lowest BCUT2D eigenvalue weighted by atomic mass is 10.2. The second-order valence-electron chi connectivity index (χ2n) is 5.50. The maximum Gasteiger partial charge on any atom is 0.237 e. The van der Waals surface area contributed by atoms with Crippen molar-refractivity contribution in [3.8, 4) is 11.4 Å². The van der Waals surface area contributed by atoms with Crippen LogP contribution in [0.3, 0.4) is 0 Å². The van der Waals surface area contributed by atoms with Crippen LogP contribution in [0.1, 0.15) is 6.92 Å². The Hall–Kier alpha value is -2.46. The van der Waals surface area contributed by atoms with Gasteiger partial charge < -0.3 is 11.2 Å². The molecule has 3 N–H and O–H groups in total. The molecule has 0 aliphatic rings. The molecule has 0 aliphatic heterocycles. The monoisotopic (exact) mass is 453 g/mol. The summed E-state index contributed by atoms with van der Waals surface area (Å²) in [6.45, 7) is 1.57. The molecular formula is C17H14BrF2N5OS. The molecule has 0 radical (unpaired) electrons. The van der Waals surface area contributed by atoms with Crippen LogP contribution in [-0.2, 0) is 4.79 Å². The van der Waals surface area contributed by atoms with Crippen LogP contribution in [-0.4, -0.2) is 26.0 Å². The number of anilines is 1. The predicted molar refractivity (Wildman–Crippen MR) is 104 cm³/mol. The fourth-order valence-corrected chi connectivity index (χ4v) is 3.47. The maximum absolute atomic E-state index is 13.7. The van der Waals surface area contributed by atoms with Gasteiger partial charge in [-0.2, -0.15) is 0 Å². The molecule has 2 aromatic carbocycles. The van der Waals surface area contributed by atoms with E-state index in [2.05, 4.69) is 31.4 Å². The number of carbonyl (C=O) groups excluding carboxylic acids is 1. The SMILES string of the molecule is CC(Sc1nnc(-c2ccccc2Br)n1N)C(=O)Nc1c(F)cccc1F. The van der Waals surface area contributed by atoms with Gasteiger partial charge in [-0.3, -0.25) is 4.79 Å². The van der Waals surface area contributed by atoms with Crippen molar-refractivity contribution < 1.29 is 13.6 Å². The molecule has 3 aromatic rings. The van der Waals surface area contributed by atoms with Crippen LogP contribution in [0.25, 0.3) is 11.4 Å². The van der Waals surface area contributed by atoms with Crippen molar-refractivity contribution in [2.45, 2.75) is 17.3 Å². The number of para-hydroxylation sites is 1. The molecule has 27 heavy (non-hydrogen) atoms. The largest absolute Gasteiger partial charge is 0.335 e. The van der Waals surface area contributed by atoms with Crippen LogP contribution in [0.4, 0.5) is 14.5 Å². The number of benzene rings is 2. The Morgan fingerprint density at radius 2 is 1.85 bits per heavy atom. The number of carbonyl (C=O) groups is 1. The Kier molecular flexibility index (Phi) is 5.76. The van der Waals surface area contributed by atoms with E-state index in [1.807, 2.05) is 24.3 Å². The third kappa shape index (κ3) is 4.11. The first kappa shape index (κ1) is 19.3. The van der Waals surface area contributed by atoms with E-state index >= 15 is 0 Å². The Bertz CT molecular complexity index is 977. The van der Waals surface area contributed by atoms with E-state index in [1.54, 1.807) is 6.92 Å². The second-order valence-corrected chi connectivity index (χ2v) is 7.66. The van der Waals surface area contributed by atoms with Crippen LogP contribution in [0.15, 0.2) is 52.1 Å². The van der Waals surface area contributed by atoms with E-state index in [0.717, 1.165) is 33.9 Å². The first-order valence-electron chi connectivity index (χ1n) is 7.75. The van der Waals surface area contributed by atoms with Crippen LogP contribution in [0.5, 0.6) is 0 Å². The number of nitrogens with two attached hydrogens (primary N) is 1. The fraction of sp³-hybridized carbons (Fsp3) is 0.118. The molecule has 0 saturated heterocycles. The zero-order valence-electron chi connectivity index (χ0n) is 14.0. The first-order chi connectivity index (χ1) is 12.9. The van der Waals surface area contributed by atoms with Crippen LogP contribution in [0.2, 0.25) is 0 Å². The quantitative estimate of drug-likeness (QED) is 0.452. The highest BCUT2D eigenvalue weighted by Gasteiger charge is 2.22. The van der Waals surface area contributed by atoms with Crippen molar-refractivity contribution in [2.24, 2.45) is 0 Å². The van der Waals surface area contributed by atoms with Crippen molar-refractivity contribution in [2.75, 3.05) is 11.2 Å². The number of aromatic nitrogens is 3. The summed E-state index contributed by atoms with van der Waals surface area (Å²) in [5, 5.41) is 9.88. The molecular weight excluding hydrogens is 440 g/mol. The molecule has 140 valence electrons. The van der Waals surface area contributed by atoms with Crippen LogP contribution >= 0.6 is 27.7 Å². The second kappa shape index (κ2) is 8.05. The van der Waals surface area contributed by atoms with Crippen molar-refractivity contribution in [1.29, 1.82) is 0 Å². The van der Waals surface area contributed by atoms with Crippen molar-refractivity contribution in [3.05, 3.63) is 58.6 Å². The van der Waals surface area contributed by atoms with Gasteiger partial charge in [0, 0.05) is 10.0 Å². The summed E-state index contributed by atoms with van der Waals surface area (Å²) < 4.78 is 29.4. The average molecular weight is 454 g/mol. The molecule has 1 amide bonds. The van der Waals surface area contributed by atoms with Crippen molar-refractivity contribution in [1.82, 2.24) is 14.9 Å². The molecule has 0 bridgehead atoms. The minimum absolute atomic E-state index is 0.289. The number of hydrogen-bond donors (Lipinski definition) is 2. The minimum Gasteiger partial charge on any atom is -0.335 e. The van der Waals surface area contributed by atoms with Gasteiger partial charge in [0.15, 0.2) is 5.82 Å². The Labute approximate surface area is 166 Å². The van der Waals surface area contributed by atoms with Gasteiger partial charge in [0.25, 0.3) is 0 Å². The van der Waals surface area contributed by atoms with E-state index in [1.165, 1.54) is 10.7 Å². The highest BCUT2D eigenvalue weighted by atomic mass is 79.9. The first-order valence-corrected chi connectivity index (χ1v) is 9.42. The number of hydrogen-bond acceptors (Lipinski definition) is 5. The number of halogens is 3. The van der Waals surface area contributed by atoms with Gasteiger partial charge in [0.05, 0.1) is 5.25 Å². The molecule has 1 atom stereocenters. The van der Waals surface area contributed by atoms with Gasteiger partial charge >= 0.3 is 0 Å². The maximum atomic E-state index is 13.7. The fourth-order valence-electron chi connectivity index (χ4n) is 2.24. The summed E-state index contributed by atoms with van der Waals surface area (Å²) in [6.07, 6.45) is 0. The topological polar surface area (TPSA) is 85.8 Å². The zero-order valence-corrected chi connectivity index (χ0v) is 16.4. The van der Waals surface area contributed by atoms with Crippen LogP contribution in [0, 0.1) is 11.6 Å². The van der Waals surface area contributed by atoms with Gasteiger partial charge in [-0.15, -0.1) is 10.2 Å². The van der Waals surface area contributed by atoms with E-state index in [0.29, 0.717) is 5.82 Å². The third-order valence-electron chi connectivity index (χ3n) is 3.64. The third-order valence-corrected chi connectivity index (χ3v) is 5.39. The highest BCUT2D eigenvalue weighted by molar-refractivity contribution is 9.10. The van der Waals surface area contributed by atoms with E-state index in [-0.39, 0.29) is 5.16 Å². The number of thioether (sulfide) groups is 1. The van der Waals surface area contributed by atoms with Crippen LogP contribution < -0.4 is 11.2 Å². The van der Waals surface area contributed by atoms with Gasteiger partial charge in [0.1, 0.15) is 17.3 Å². The number of amides is 1. The molecule has 1 aromatic heterocycles. The summed E-state index contributed by atoms with van der Waals surface area (Å²) in [6, 6.07) is 10.7. The smallest absolute Gasteiger partial charge is 0.237 e. The molecule has 0 saturated carbocycles. The summed E-state index contributed by atoms with van der Waals surface area (Å²) in [5.74, 6) is 4.18. The lowest BCUT2D eigenvalue weighted by Gasteiger charge is -2.12. The van der Waals surface area contributed by atoms with Gasteiger partial charge in [-0.1, -0.05) is 45.9 Å². The molecule has 1 heterocycles. The average Bonchev–Trinajstić information content (AvgIpc) is 2.99. The van der Waals surface area contributed by atoms with Gasteiger partial charge in [-0.05, 0) is 31.2 Å². The molecule has 0 fully saturated rings. The molecule has 0 aliphatic carbocycles. The summed E-state index contributed by atoms with van der Waals surface area (Å²) in [5.41, 5.74) is 0.253. The molecule has 0 spiro atoms. The van der Waals surface area contributed by atoms with Crippen molar-refractivity contribution >= 4 is 39.3 Å². The van der Waals surface area contributed by atoms with Gasteiger partial charge in [0.2, 0.25) is 11.1 Å². The molecule has 1 unspecified atom stereocenters. The summed E-state index contributed by atoms with van der Waals surface area (Å²) in [4.78, 5) is 12.3. The van der Waals surface area contributed by atoms with E-state index in [4.69, 9.17) is 5.84 Å². The Morgan fingerprint density at radius 1 is 1.19 bits per heavy atom. The number of nitrogen functional groups attached to an aromatic ring is 1.